The summed E-state index contributed by atoms with van der Waals surface area (Å²) in [4.78, 5) is 14.8. The van der Waals surface area contributed by atoms with Crippen LogP contribution in [0.3, 0.4) is 0 Å². The number of rotatable bonds is 4. The van der Waals surface area contributed by atoms with Gasteiger partial charge in [-0.1, -0.05) is 12.5 Å². The number of nitrogens with one attached hydrogen (secondary N) is 1. The second kappa shape index (κ2) is 6.71. The smallest absolute Gasteiger partial charge is 0.246 e. The van der Waals surface area contributed by atoms with Gasteiger partial charge in [-0.25, -0.2) is 0 Å². The Bertz CT molecular complexity index is 394. The minimum Gasteiger partial charge on any atom is -0.341 e. The average Bonchev–Trinajstić information content (AvgIpc) is 2.90. The van der Waals surface area contributed by atoms with Crippen LogP contribution in [-0.4, -0.2) is 37.0 Å². The van der Waals surface area contributed by atoms with Crippen LogP contribution in [0.5, 0.6) is 0 Å². The summed E-state index contributed by atoms with van der Waals surface area (Å²) in [6.45, 7) is 1.88. The van der Waals surface area contributed by atoms with Crippen molar-refractivity contribution in [2.45, 2.75) is 25.3 Å². The molecule has 0 aliphatic carbocycles. The predicted octanol–water partition coefficient (Wildman–Crippen LogP) is 2.36. The maximum Gasteiger partial charge on any atom is 0.246 e. The summed E-state index contributed by atoms with van der Waals surface area (Å²) in [7, 11) is 1.87. The zero-order valence-electron chi connectivity index (χ0n) is 10.8. The SMILES string of the molecule is CN(CC1CCCCN1)C(=O)/C=C/c1cccs1. The predicted molar refractivity (Wildman–Crippen MR) is 76.6 cm³/mol. The topological polar surface area (TPSA) is 32.3 Å². The van der Waals surface area contributed by atoms with Gasteiger partial charge in [0.05, 0.1) is 0 Å². The van der Waals surface area contributed by atoms with Crippen molar-refractivity contribution in [1.82, 2.24) is 10.2 Å². The molecule has 1 aliphatic rings. The summed E-state index contributed by atoms with van der Waals surface area (Å²) in [6.07, 6.45) is 7.25. The minimum atomic E-state index is 0.0794. The van der Waals surface area contributed by atoms with E-state index in [1.165, 1.54) is 19.3 Å². The van der Waals surface area contributed by atoms with Crippen molar-refractivity contribution in [3.8, 4) is 0 Å². The number of piperidine rings is 1. The van der Waals surface area contributed by atoms with Gasteiger partial charge in [0, 0.05) is 30.6 Å². The Morgan fingerprint density at radius 3 is 3.17 bits per heavy atom. The van der Waals surface area contributed by atoms with Gasteiger partial charge in [0.1, 0.15) is 0 Å². The molecule has 3 nitrogen and oxygen atoms in total. The van der Waals surface area contributed by atoms with E-state index >= 15 is 0 Å². The molecule has 0 radical (unpaired) electrons. The van der Waals surface area contributed by atoms with Gasteiger partial charge in [-0.15, -0.1) is 11.3 Å². The molecule has 0 saturated carbocycles. The lowest BCUT2D eigenvalue weighted by atomic mass is 10.0. The average molecular weight is 264 g/mol. The van der Waals surface area contributed by atoms with E-state index < -0.39 is 0 Å². The number of carbonyl (C=O) groups is 1. The number of thiophene rings is 1. The molecule has 1 atom stereocenters. The molecule has 2 heterocycles. The molecule has 1 unspecified atom stereocenters. The highest BCUT2D eigenvalue weighted by Gasteiger charge is 2.16. The summed E-state index contributed by atoms with van der Waals surface area (Å²) in [6, 6.07) is 4.46. The molecule has 98 valence electrons. The molecular formula is C14H20N2OS. The number of hydrogen-bond donors (Lipinski definition) is 1. The van der Waals surface area contributed by atoms with E-state index in [-0.39, 0.29) is 5.91 Å². The van der Waals surface area contributed by atoms with E-state index in [9.17, 15) is 4.79 Å². The van der Waals surface area contributed by atoms with Gasteiger partial charge in [-0.05, 0) is 36.9 Å². The van der Waals surface area contributed by atoms with Crippen molar-refractivity contribution in [3.63, 3.8) is 0 Å². The van der Waals surface area contributed by atoms with Gasteiger partial charge >= 0.3 is 0 Å². The maximum absolute atomic E-state index is 11.9. The first-order chi connectivity index (χ1) is 8.75. The molecule has 4 heteroatoms. The first-order valence-electron chi connectivity index (χ1n) is 6.46. The summed E-state index contributed by atoms with van der Waals surface area (Å²) < 4.78 is 0. The molecule has 1 aliphatic heterocycles. The Labute approximate surface area is 112 Å². The molecular weight excluding hydrogens is 244 g/mol. The van der Waals surface area contributed by atoms with E-state index in [0.717, 1.165) is 18.0 Å². The third-order valence-corrected chi connectivity index (χ3v) is 4.05. The fourth-order valence-corrected chi connectivity index (χ4v) is 2.79. The fourth-order valence-electron chi connectivity index (χ4n) is 2.17. The molecule has 1 N–H and O–H groups in total. The van der Waals surface area contributed by atoms with Crippen molar-refractivity contribution in [1.29, 1.82) is 0 Å². The van der Waals surface area contributed by atoms with Crippen LogP contribution in [0, 0.1) is 0 Å². The number of amides is 1. The Morgan fingerprint density at radius 1 is 1.61 bits per heavy atom. The summed E-state index contributed by atoms with van der Waals surface area (Å²) in [5, 5.41) is 5.47. The van der Waals surface area contributed by atoms with Crippen molar-refractivity contribution in [2.24, 2.45) is 0 Å². The number of nitrogens with zero attached hydrogens (tertiary/aromatic N) is 1. The number of carbonyl (C=O) groups excluding carboxylic acids is 1. The quantitative estimate of drug-likeness (QED) is 0.847. The highest BCUT2D eigenvalue weighted by Crippen LogP contribution is 2.11. The van der Waals surface area contributed by atoms with Crippen molar-refractivity contribution in [2.75, 3.05) is 20.1 Å². The second-order valence-corrected chi connectivity index (χ2v) is 5.69. The van der Waals surface area contributed by atoms with E-state index in [0.29, 0.717) is 6.04 Å². The molecule has 1 amide bonds. The van der Waals surface area contributed by atoms with Gasteiger partial charge in [0.15, 0.2) is 0 Å². The molecule has 1 fully saturated rings. The van der Waals surface area contributed by atoms with Crippen LogP contribution in [0.2, 0.25) is 0 Å². The van der Waals surface area contributed by atoms with Gasteiger partial charge in [-0.3, -0.25) is 4.79 Å². The first-order valence-corrected chi connectivity index (χ1v) is 7.34. The van der Waals surface area contributed by atoms with Gasteiger partial charge < -0.3 is 10.2 Å². The Morgan fingerprint density at radius 2 is 2.50 bits per heavy atom. The van der Waals surface area contributed by atoms with Crippen molar-refractivity contribution < 1.29 is 4.79 Å². The van der Waals surface area contributed by atoms with Crippen molar-refractivity contribution >= 4 is 23.3 Å². The third kappa shape index (κ3) is 3.96. The molecule has 0 aromatic carbocycles. The third-order valence-electron chi connectivity index (χ3n) is 3.22. The number of hydrogen-bond acceptors (Lipinski definition) is 3. The van der Waals surface area contributed by atoms with Crippen LogP contribution in [0.25, 0.3) is 6.08 Å². The molecule has 2 rings (SSSR count). The normalized spacial score (nSPS) is 20.2. The Hall–Kier alpha value is -1.13. The lowest BCUT2D eigenvalue weighted by Crippen LogP contribution is -2.43. The van der Waals surface area contributed by atoms with Crippen molar-refractivity contribution in [3.05, 3.63) is 28.5 Å². The summed E-state index contributed by atoms with van der Waals surface area (Å²) in [5.41, 5.74) is 0. The van der Waals surface area contributed by atoms with Gasteiger partial charge in [0.25, 0.3) is 0 Å². The standard InChI is InChI=1S/C14H20N2OS/c1-16(11-12-5-2-3-9-15-12)14(17)8-7-13-6-4-10-18-13/h4,6-8,10,12,15H,2-3,5,9,11H2,1H3/b8-7+. The van der Waals surface area contributed by atoms with E-state index in [1.54, 1.807) is 22.3 Å². The fraction of sp³-hybridized carbons (Fsp3) is 0.500. The van der Waals surface area contributed by atoms with Gasteiger partial charge in [-0.2, -0.15) is 0 Å². The zero-order chi connectivity index (χ0) is 12.8. The zero-order valence-corrected chi connectivity index (χ0v) is 11.6. The molecule has 0 spiro atoms. The Kier molecular flexibility index (Phi) is 4.96. The lowest BCUT2D eigenvalue weighted by molar-refractivity contribution is -0.125. The molecule has 1 saturated heterocycles. The second-order valence-electron chi connectivity index (χ2n) is 4.71. The monoisotopic (exact) mass is 264 g/mol. The van der Waals surface area contributed by atoms with Crippen LogP contribution < -0.4 is 5.32 Å². The van der Waals surface area contributed by atoms with E-state index in [2.05, 4.69) is 5.32 Å². The lowest BCUT2D eigenvalue weighted by Gasteiger charge is -2.27. The van der Waals surface area contributed by atoms with Crippen LogP contribution in [0.4, 0.5) is 0 Å². The highest BCUT2D eigenvalue weighted by molar-refractivity contribution is 7.10. The van der Waals surface area contributed by atoms with Crippen LogP contribution in [0.15, 0.2) is 23.6 Å². The molecule has 1 aromatic rings. The minimum absolute atomic E-state index is 0.0794. The molecule has 18 heavy (non-hydrogen) atoms. The summed E-state index contributed by atoms with van der Waals surface area (Å²) >= 11 is 1.64. The van der Waals surface area contributed by atoms with Crippen LogP contribution in [0.1, 0.15) is 24.1 Å². The highest BCUT2D eigenvalue weighted by atomic mass is 32.1. The van der Waals surface area contributed by atoms with Crippen LogP contribution in [-0.2, 0) is 4.79 Å². The number of likely N-dealkylation sites (N-methyl/N-ethyl adjacent to an activating group) is 1. The Balaban J connectivity index is 1.80. The van der Waals surface area contributed by atoms with Gasteiger partial charge in [0.2, 0.25) is 5.91 Å². The molecule has 1 aromatic heterocycles. The van der Waals surface area contributed by atoms with E-state index in [4.69, 9.17) is 0 Å². The molecule has 0 bridgehead atoms. The summed E-state index contributed by atoms with van der Waals surface area (Å²) in [5.74, 6) is 0.0794. The first kappa shape index (κ1) is 13.3. The largest absolute Gasteiger partial charge is 0.341 e. The maximum atomic E-state index is 11.9. The van der Waals surface area contributed by atoms with Crippen LogP contribution >= 0.6 is 11.3 Å². The van der Waals surface area contributed by atoms with E-state index in [1.807, 2.05) is 30.6 Å².